The summed E-state index contributed by atoms with van der Waals surface area (Å²) in [6.07, 6.45) is 2.30. The van der Waals surface area contributed by atoms with Crippen LogP contribution in [0.5, 0.6) is 0 Å². The molecule has 6 heteroatoms. The molecular weight excluding hydrogens is 308 g/mol. The van der Waals surface area contributed by atoms with Crippen LogP contribution >= 0.6 is 0 Å². The Balaban J connectivity index is 2.05. The smallest absolute Gasteiger partial charge is 0.257 e. The predicted molar refractivity (Wildman–Crippen MR) is 91.0 cm³/mol. The van der Waals surface area contributed by atoms with Gasteiger partial charge in [-0.1, -0.05) is 0 Å². The number of aryl methyl sites for hydroxylation is 2. The molecule has 2 rings (SSSR count). The van der Waals surface area contributed by atoms with Crippen LogP contribution in [0.1, 0.15) is 55.0 Å². The van der Waals surface area contributed by atoms with Crippen LogP contribution in [0.3, 0.4) is 0 Å². The molecule has 0 unspecified atom stereocenters. The molecule has 1 aromatic heterocycles. The molecule has 6 nitrogen and oxygen atoms in total. The summed E-state index contributed by atoms with van der Waals surface area (Å²) >= 11 is 0. The molecule has 1 aromatic rings. The van der Waals surface area contributed by atoms with Gasteiger partial charge in [-0.2, -0.15) is 0 Å². The van der Waals surface area contributed by atoms with Gasteiger partial charge in [-0.3, -0.25) is 9.59 Å². The summed E-state index contributed by atoms with van der Waals surface area (Å²) in [4.78, 5) is 26.5. The Morgan fingerprint density at radius 2 is 2.12 bits per heavy atom. The van der Waals surface area contributed by atoms with Gasteiger partial charge in [-0.05, 0) is 46.6 Å². The van der Waals surface area contributed by atoms with E-state index in [2.05, 4.69) is 5.32 Å². The molecule has 0 aromatic carbocycles. The van der Waals surface area contributed by atoms with E-state index >= 15 is 0 Å². The summed E-state index contributed by atoms with van der Waals surface area (Å²) in [7, 11) is 0. The summed E-state index contributed by atoms with van der Waals surface area (Å²) in [6, 6.07) is 1.85. The van der Waals surface area contributed by atoms with Gasteiger partial charge in [0.15, 0.2) is 0 Å². The molecule has 1 atom stereocenters. The average Bonchev–Trinajstić information content (AvgIpc) is 3.11. The van der Waals surface area contributed by atoms with Gasteiger partial charge in [0.1, 0.15) is 11.5 Å². The van der Waals surface area contributed by atoms with Crippen molar-refractivity contribution in [1.29, 1.82) is 0 Å². The Morgan fingerprint density at radius 1 is 1.38 bits per heavy atom. The highest BCUT2D eigenvalue weighted by Gasteiger charge is 2.26. The first-order valence-electron chi connectivity index (χ1n) is 8.64. The van der Waals surface area contributed by atoms with E-state index < -0.39 is 0 Å². The van der Waals surface area contributed by atoms with Crippen molar-refractivity contribution in [3.05, 3.63) is 23.2 Å². The molecule has 0 saturated carbocycles. The molecule has 1 N–H and O–H groups in total. The van der Waals surface area contributed by atoms with Gasteiger partial charge in [-0.25, -0.2) is 0 Å². The number of carbonyl (C=O) groups is 2. The Hall–Kier alpha value is -1.82. The highest BCUT2D eigenvalue weighted by molar-refractivity contribution is 5.95. The number of carbonyl (C=O) groups excluding carboxylic acids is 2. The van der Waals surface area contributed by atoms with Crippen molar-refractivity contribution < 1.29 is 18.7 Å². The average molecular weight is 336 g/mol. The lowest BCUT2D eigenvalue weighted by atomic mass is 10.1. The van der Waals surface area contributed by atoms with Crippen LogP contribution in [0.15, 0.2) is 10.5 Å². The van der Waals surface area contributed by atoms with E-state index in [1.165, 1.54) is 0 Å². The summed E-state index contributed by atoms with van der Waals surface area (Å²) < 4.78 is 11.1. The number of amides is 2. The third-order valence-electron chi connectivity index (χ3n) is 4.07. The summed E-state index contributed by atoms with van der Waals surface area (Å²) in [5.41, 5.74) is 0.565. The zero-order chi connectivity index (χ0) is 17.7. The number of nitrogens with zero attached hydrogens (tertiary/aromatic N) is 1. The number of ether oxygens (including phenoxy) is 1. The zero-order valence-corrected chi connectivity index (χ0v) is 15.1. The molecule has 1 aliphatic heterocycles. The van der Waals surface area contributed by atoms with Gasteiger partial charge in [0.05, 0.1) is 11.7 Å². The Kier molecular flexibility index (Phi) is 6.43. The van der Waals surface area contributed by atoms with Crippen molar-refractivity contribution >= 4 is 11.8 Å². The molecule has 2 amide bonds. The van der Waals surface area contributed by atoms with E-state index in [9.17, 15) is 9.59 Å². The van der Waals surface area contributed by atoms with Crippen LogP contribution in [0.25, 0.3) is 0 Å². The third kappa shape index (κ3) is 5.09. The lowest BCUT2D eigenvalue weighted by Crippen LogP contribution is -2.40. The van der Waals surface area contributed by atoms with Gasteiger partial charge >= 0.3 is 0 Å². The molecule has 134 valence electrons. The normalized spacial score (nSPS) is 17.3. The molecule has 1 aliphatic rings. The van der Waals surface area contributed by atoms with E-state index in [1.54, 1.807) is 17.9 Å². The molecular formula is C18H28N2O4. The zero-order valence-electron chi connectivity index (χ0n) is 15.1. The fraction of sp³-hybridized carbons (Fsp3) is 0.667. The first-order valence-corrected chi connectivity index (χ1v) is 8.64. The molecule has 0 radical (unpaired) electrons. The van der Waals surface area contributed by atoms with Gasteiger partial charge in [0.2, 0.25) is 5.91 Å². The largest absolute Gasteiger partial charge is 0.466 e. The molecule has 0 bridgehead atoms. The predicted octanol–water partition coefficient (Wildman–Crippen LogP) is 2.43. The van der Waals surface area contributed by atoms with Crippen LogP contribution in [0.4, 0.5) is 0 Å². The minimum Gasteiger partial charge on any atom is -0.466 e. The SMILES string of the molecule is Cc1cc(C(=O)N(CCC(=O)NC(C)C)C[C@@H]2CCCO2)c(C)o1. The maximum absolute atomic E-state index is 12.9. The standard InChI is InChI=1S/C18H28N2O4/c1-12(2)19-17(21)7-8-20(11-15-6-5-9-23-15)18(22)16-10-13(3)24-14(16)4/h10,12,15H,5-9,11H2,1-4H3,(H,19,21)/t15-/m0/s1. The van der Waals surface area contributed by atoms with E-state index in [0.717, 1.165) is 19.4 Å². The summed E-state index contributed by atoms with van der Waals surface area (Å²) in [5.74, 6) is 1.18. The van der Waals surface area contributed by atoms with Crippen molar-refractivity contribution in [1.82, 2.24) is 10.2 Å². The molecule has 1 saturated heterocycles. The van der Waals surface area contributed by atoms with Gasteiger partial charge in [0.25, 0.3) is 5.91 Å². The second-order valence-electron chi connectivity index (χ2n) is 6.69. The van der Waals surface area contributed by atoms with Crippen molar-refractivity contribution in [2.45, 2.75) is 59.1 Å². The van der Waals surface area contributed by atoms with Crippen molar-refractivity contribution in [3.63, 3.8) is 0 Å². The van der Waals surface area contributed by atoms with Gasteiger partial charge in [-0.15, -0.1) is 0 Å². The van der Waals surface area contributed by atoms with Crippen LogP contribution in [-0.2, 0) is 9.53 Å². The highest BCUT2D eigenvalue weighted by Crippen LogP contribution is 2.19. The molecule has 0 spiro atoms. The fourth-order valence-corrected chi connectivity index (χ4v) is 2.95. The Bertz CT molecular complexity index is 574. The summed E-state index contributed by atoms with van der Waals surface area (Å²) in [5, 5.41) is 2.86. The number of nitrogens with one attached hydrogen (secondary N) is 1. The molecule has 24 heavy (non-hydrogen) atoms. The van der Waals surface area contributed by atoms with Crippen molar-refractivity contribution in [2.75, 3.05) is 19.7 Å². The number of furan rings is 1. The lowest BCUT2D eigenvalue weighted by Gasteiger charge is -2.25. The minimum atomic E-state index is -0.0998. The van der Waals surface area contributed by atoms with E-state index in [0.29, 0.717) is 30.2 Å². The second-order valence-corrected chi connectivity index (χ2v) is 6.69. The lowest BCUT2D eigenvalue weighted by molar-refractivity contribution is -0.121. The highest BCUT2D eigenvalue weighted by atomic mass is 16.5. The molecule has 2 heterocycles. The topological polar surface area (TPSA) is 71.8 Å². The van der Waals surface area contributed by atoms with Gasteiger partial charge < -0.3 is 19.4 Å². The van der Waals surface area contributed by atoms with Crippen LogP contribution < -0.4 is 5.32 Å². The third-order valence-corrected chi connectivity index (χ3v) is 4.07. The van der Waals surface area contributed by atoms with Crippen molar-refractivity contribution in [2.24, 2.45) is 0 Å². The fourth-order valence-electron chi connectivity index (χ4n) is 2.95. The minimum absolute atomic E-state index is 0.0461. The number of hydrogen-bond donors (Lipinski definition) is 1. The molecule has 0 aliphatic carbocycles. The van der Waals surface area contributed by atoms with Crippen LogP contribution in [0, 0.1) is 13.8 Å². The maximum Gasteiger partial charge on any atom is 0.257 e. The first kappa shape index (κ1) is 18.5. The van der Waals surface area contributed by atoms with E-state index in [1.807, 2.05) is 20.8 Å². The van der Waals surface area contributed by atoms with Gasteiger partial charge in [0, 0.05) is 32.2 Å². The van der Waals surface area contributed by atoms with Crippen LogP contribution in [0.2, 0.25) is 0 Å². The quantitative estimate of drug-likeness (QED) is 0.830. The number of rotatable bonds is 7. The second kappa shape index (κ2) is 8.33. The first-order chi connectivity index (χ1) is 11.4. The Labute approximate surface area is 143 Å². The summed E-state index contributed by atoms with van der Waals surface area (Å²) in [6.45, 7) is 9.08. The maximum atomic E-state index is 12.9. The monoisotopic (exact) mass is 336 g/mol. The number of hydrogen-bond acceptors (Lipinski definition) is 4. The molecule has 1 fully saturated rings. The van der Waals surface area contributed by atoms with Crippen molar-refractivity contribution in [3.8, 4) is 0 Å². The van der Waals surface area contributed by atoms with E-state index in [4.69, 9.17) is 9.15 Å². The van der Waals surface area contributed by atoms with Crippen LogP contribution in [-0.4, -0.2) is 48.6 Å². The Morgan fingerprint density at radius 3 is 2.67 bits per heavy atom. The van der Waals surface area contributed by atoms with E-state index in [-0.39, 0.29) is 30.4 Å².